The Bertz CT molecular complexity index is 1800. The Morgan fingerprint density at radius 1 is 1.02 bits per heavy atom. The highest BCUT2D eigenvalue weighted by Crippen LogP contribution is 2.41. The molecule has 0 aliphatic carbocycles. The third kappa shape index (κ3) is 7.01. The topological polar surface area (TPSA) is 98.6 Å². The van der Waals surface area contributed by atoms with E-state index in [1.165, 1.54) is 12.1 Å². The van der Waals surface area contributed by atoms with E-state index < -0.39 is 5.97 Å². The molecule has 0 radical (unpaired) electrons. The molecule has 5 rings (SSSR count). The van der Waals surface area contributed by atoms with Crippen LogP contribution in [0.15, 0.2) is 48.5 Å². The number of H-pyrrole nitrogens is 1. The maximum atomic E-state index is 13.7. The van der Waals surface area contributed by atoms with Gasteiger partial charge < -0.3 is 24.3 Å². The number of aromatic nitrogens is 3. The van der Waals surface area contributed by atoms with Gasteiger partial charge in [0, 0.05) is 41.2 Å². The number of nitrogens with one attached hydrogen (secondary N) is 1. The van der Waals surface area contributed by atoms with Crippen LogP contribution in [0.3, 0.4) is 0 Å². The summed E-state index contributed by atoms with van der Waals surface area (Å²) in [6.45, 7) is 5.30. The quantitative estimate of drug-likeness (QED) is 0.0932. The van der Waals surface area contributed by atoms with Gasteiger partial charge in [-0.15, -0.1) is 0 Å². The number of benzene rings is 3. The van der Waals surface area contributed by atoms with Gasteiger partial charge in [-0.25, -0.2) is 9.18 Å². The van der Waals surface area contributed by atoms with E-state index >= 15 is 0 Å². The lowest BCUT2D eigenvalue weighted by molar-refractivity contribution is 0.0519. The first-order valence-electron chi connectivity index (χ1n) is 15.4. The lowest BCUT2D eigenvalue weighted by atomic mass is 9.96. The molecule has 0 bridgehead atoms. The highest BCUT2D eigenvalue weighted by molar-refractivity contribution is 6.35. The molecule has 3 aromatic carbocycles. The highest BCUT2D eigenvalue weighted by Gasteiger charge is 2.26. The Kier molecular flexibility index (Phi) is 10.8. The van der Waals surface area contributed by atoms with Crippen LogP contribution in [0.1, 0.15) is 54.1 Å². The minimum Gasteiger partial charge on any atom is -0.493 e. The van der Waals surface area contributed by atoms with Crippen LogP contribution in [-0.2, 0) is 35.8 Å². The highest BCUT2D eigenvalue weighted by atomic mass is 35.5. The number of aliphatic hydroxyl groups is 1. The summed E-state index contributed by atoms with van der Waals surface area (Å²) in [5.74, 6) is -0.0310. The van der Waals surface area contributed by atoms with Gasteiger partial charge in [-0.1, -0.05) is 36.7 Å². The van der Waals surface area contributed by atoms with Gasteiger partial charge >= 0.3 is 5.97 Å². The first kappa shape index (κ1) is 32.5. The van der Waals surface area contributed by atoms with Gasteiger partial charge in [-0.2, -0.15) is 5.10 Å². The standard InChI is InChI=1S/C35H39ClFN3O5/c1-4-28-32(29(40(3)39-28)11-8-18-43-20-17-41)31-27(36)16-15-26-25(34(38-33(26)31)35(42)44-5-2)10-7-19-45-30-12-6-9-22-21-23(37)13-14-24(22)30/h6,9,12-16,21,38,41H,4-5,7-8,10-11,17-20H2,1-3H3. The number of halogens is 2. The molecule has 8 nitrogen and oxygen atoms in total. The second kappa shape index (κ2) is 14.9. The van der Waals surface area contributed by atoms with E-state index in [9.17, 15) is 9.18 Å². The van der Waals surface area contributed by atoms with E-state index in [-0.39, 0.29) is 19.0 Å². The molecule has 0 atom stereocenters. The lowest BCUT2D eigenvalue weighted by Crippen LogP contribution is -2.09. The second-order valence-electron chi connectivity index (χ2n) is 10.8. The molecular formula is C35H39ClFN3O5. The van der Waals surface area contributed by atoms with Crippen LogP contribution < -0.4 is 4.74 Å². The van der Waals surface area contributed by atoms with E-state index in [1.807, 2.05) is 42.1 Å². The zero-order valence-electron chi connectivity index (χ0n) is 25.9. The van der Waals surface area contributed by atoms with E-state index in [0.29, 0.717) is 62.0 Å². The lowest BCUT2D eigenvalue weighted by Gasteiger charge is -2.12. The molecule has 0 spiro atoms. The van der Waals surface area contributed by atoms with Gasteiger partial charge in [0.05, 0.1) is 42.7 Å². The van der Waals surface area contributed by atoms with Gasteiger partial charge in [0.25, 0.3) is 0 Å². The van der Waals surface area contributed by atoms with Crippen LogP contribution in [0.25, 0.3) is 32.8 Å². The predicted molar refractivity (Wildman–Crippen MR) is 175 cm³/mol. The second-order valence-corrected chi connectivity index (χ2v) is 11.2. The van der Waals surface area contributed by atoms with Gasteiger partial charge in [0.15, 0.2) is 0 Å². The molecule has 0 amide bonds. The number of aromatic amines is 1. The number of rotatable bonds is 15. The fraction of sp³-hybridized carbons (Fsp3) is 0.371. The number of hydrogen-bond acceptors (Lipinski definition) is 6. The Morgan fingerprint density at radius 3 is 2.60 bits per heavy atom. The summed E-state index contributed by atoms with van der Waals surface area (Å²) in [6.07, 6.45) is 3.33. The number of fused-ring (bicyclic) bond motifs is 2. The summed E-state index contributed by atoms with van der Waals surface area (Å²) in [7, 11) is 1.93. The number of nitrogens with zero attached hydrogens (tertiary/aromatic N) is 2. The van der Waals surface area contributed by atoms with Crippen molar-refractivity contribution in [1.82, 2.24) is 14.8 Å². The Morgan fingerprint density at radius 2 is 1.82 bits per heavy atom. The van der Waals surface area contributed by atoms with E-state index in [4.69, 9.17) is 36.0 Å². The molecular weight excluding hydrogens is 597 g/mol. The molecule has 10 heteroatoms. The summed E-state index contributed by atoms with van der Waals surface area (Å²) in [4.78, 5) is 16.6. The SMILES string of the molecule is CCOC(=O)c1[nH]c2c(-c3c(CC)nn(C)c3CCCOCCO)c(Cl)ccc2c1CCCOc1cccc2cc(F)ccc12. The smallest absolute Gasteiger partial charge is 0.355 e. The maximum Gasteiger partial charge on any atom is 0.355 e. The van der Waals surface area contributed by atoms with Crippen molar-refractivity contribution >= 4 is 39.2 Å². The first-order valence-corrected chi connectivity index (χ1v) is 15.8. The zero-order chi connectivity index (χ0) is 31.9. The van der Waals surface area contributed by atoms with Gasteiger partial charge in [-0.05, 0) is 80.3 Å². The van der Waals surface area contributed by atoms with Crippen LogP contribution in [0, 0.1) is 5.82 Å². The minimum absolute atomic E-state index is 0.0109. The maximum absolute atomic E-state index is 13.7. The monoisotopic (exact) mass is 635 g/mol. The number of esters is 1. The molecule has 0 unspecified atom stereocenters. The van der Waals surface area contributed by atoms with Crippen molar-refractivity contribution in [2.24, 2.45) is 7.05 Å². The normalized spacial score (nSPS) is 11.5. The average molecular weight is 636 g/mol. The minimum atomic E-state index is -0.425. The van der Waals surface area contributed by atoms with Gasteiger partial charge in [0.1, 0.15) is 17.3 Å². The van der Waals surface area contributed by atoms with Gasteiger partial charge in [-0.3, -0.25) is 4.68 Å². The number of carbonyl (C=O) groups is 1. The third-order valence-electron chi connectivity index (χ3n) is 7.90. The van der Waals surface area contributed by atoms with Crippen molar-refractivity contribution in [2.75, 3.05) is 33.0 Å². The van der Waals surface area contributed by atoms with Crippen LogP contribution >= 0.6 is 11.6 Å². The van der Waals surface area contributed by atoms with Crippen molar-refractivity contribution in [3.05, 3.63) is 82.0 Å². The summed E-state index contributed by atoms with van der Waals surface area (Å²) in [5, 5.41) is 16.9. The first-order chi connectivity index (χ1) is 21.9. The molecule has 0 aliphatic heterocycles. The summed E-state index contributed by atoms with van der Waals surface area (Å²) >= 11 is 6.94. The van der Waals surface area contributed by atoms with Crippen molar-refractivity contribution < 1.29 is 28.5 Å². The van der Waals surface area contributed by atoms with Gasteiger partial charge in [0.2, 0.25) is 0 Å². The largest absolute Gasteiger partial charge is 0.493 e. The third-order valence-corrected chi connectivity index (χ3v) is 8.22. The fourth-order valence-electron chi connectivity index (χ4n) is 5.91. The van der Waals surface area contributed by atoms with Crippen molar-refractivity contribution in [3.8, 4) is 16.9 Å². The summed E-state index contributed by atoms with van der Waals surface area (Å²) in [5.41, 5.74) is 5.69. The molecule has 238 valence electrons. The van der Waals surface area contributed by atoms with Crippen molar-refractivity contribution in [2.45, 2.75) is 46.0 Å². The summed E-state index contributed by atoms with van der Waals surface area (Å²) < 4.78 is 32.7. The Balaban J connectivity index is 1.48. The van der Waals surface area contributed by atoms with Crippen LogP contribution in [-0.4, -0.2) is 58.9 Å². The summed E-state index contributed by atoms with van der Waals surface area (Å²) in [6, 6.07) is 14.0. The van der Waals surface area contributed by atoms with Crippen LogP contribution in [0.4, 0.5) is 4.39 Å². The average Bonchev–Trinajstić information content (AvgIpc) is 3.55. The zero-order valence-corrected chi connectivity index (χ0v) is 26.7. The molecule has 2 aromatic heterocycles. The van der Waals surface area contributed by atoms with E-state index in [2.05, 4.69) is 11.9 Å². The van der Waals surface area contributed by atoms with E-state index in [0.717, 1.165) is 56.2 Å². The van der Waals surface area contributed by atoms with Crippen molar-refractivity contribution in [3.63, 3.8) is 0 Å². The number of carbonyl (C=O) groups excluding carboxylic acids is 1. The molecule has 0 fully saturated rings. The molecule has 2 N–H and O–H groups in total. The fourth-order valence-corrected chi connectivity index (χ4v) is 6.16. The number of ether oxygens (including phenoxy) is 3. The van der Waals surface area contributed by atoms with Crippen molar-refractivity contribution in [1.29, 1.82) is 0 Å². The Labute approximate surface area is 267 Å². The van der Waals surface area contributed by atoms with E-state index in [1.54, 1.807) is 13.0 Å². The molecule has 45 heavy (non-hydrogen) atoms. The molecule has 5 aromatic rings. The molecule has 0 aliphatic rings. The Hall–Kier alpha value is -3.92. The molecule has 2 heterocycles. The number of hydrogen-bond donors (Lipinski definition) is 2. The molecule has 0 saturated heterocycles. The number of aryl methyl sites for hydroxylation is 3. The molecule has 0 saturated carbocycles. The van der Waals surface area contributed by atoms with Crippen LogP contribution in [0.2, 0.25) is 5.02 Å². The van der Waals surface area contributed by atoms with Crippen LogP contribution in [0.5, 0.6) is 5.75 Å². The predicted octanol–water partition coefficient (Wildman–Crippen LogP) is 7.21. The number of aliphatic hydroxyl groups excluding tert-OH is 1.